The first-order valence-electron chi connectivity index (χ1n) is 4.87. The van der Waals surface area contributed by atoms with Crippen molar-refractivity contribution in [1.82, 2.24) is 0 Å². The first-order valence-corrected chi connectivity index (χ1v) is 5.69. The highest BCUT2D eigenvalue weighted by Crippen LogP contribution is 2.28. The minimum absolute atomic E-state index is 0.175. The third-order valence-corrected chi connectivity index (χ3v) is 3.61. The molecule has 0 aliphatic heterocycles. The molecule has 0 aliphatic carbocycles. The lowest BCUT2D eigenvalue weighted by Gasteiger charge is -2.03. The normalized spacial score (nSPS) is 10.3. The molecule has 0 bridgehead atoms. The van der Waals surface area contributed by atoms with Gasteiger partial charge in [0.15, 0.2) is 0 Å². The van der Waals surface area contributed by atoms with Crippen LogP contribution in [0.3, 0.4) is 0 Å². The maximum atomic E-state index is 11.6. The Morgan fingerprint density at radius 2 is 2.00 bits per heavy atom. The monoisotopic (exact) mass is 212 g/mol. The highest BCUT2D eigenvalue weighted by Gasteiger charge is 2.18. The van der Waals surface area contributed by atoms with E-state index in [1.807, 2.05) is 20.8 Å². The summed E-state index contributed by atoms with van der Waals surface area (Å²) in [5.41, 5.74) is 1.86. The molecule has 1 aromatic heterocycles. The second kappa shape index (κ2) is 4.60. The van der Waals surface area contributed by atoms with Crippen LogP contribution < -0.4 is 0 Å². The predicted octanol–water partition coefficient (Wildman–Crippen LogP) is 3.10. The zero-order valence-corrected chi connectivity index (χ0v) is 9.96. The Bertz CT molecular complexity index is 339. The molecule has 0 N–H and O–H groups in total. The molecule has 78 valence electrons. The number of hydrogen-bond acceptors (Lipinski definition) is 3. The van der Waals surface area contributed by atoms with E-state index in [2.05, 4.69) is 6.92 Å². The first kappa shape index (κ1) is 11.2. The van der Waals surface area contributed by atoms with E-state index in [-0.39, 0.29) is 5.97 Å². The number of aryl methyl sites for hydroxylation is 2. The Morgan fingerprint density at radius 3 is 2.50 bits per heavy atom. The lowest BCUT2D eigenvalue weighted by Crippen LogP contribution is -2.07. The predicted molar refractivity (Wildman–Crippen MR) is 59.1 cm³/mol. The molecule has 1 rings (SSSR count). The molecule has 0 aromatic carbocycles. The van der Waals surface area contributed by atoms with E-state index in [9.17, 15) is 4.79 Å². The van der Waals surface area contributed by atoms with Crippen molar-refractivity contribution >= 4 is 17.3 Å². The molecule has 1 heterocycles. The summed E-state index contributed by atoms with van der Waals surface area (Å²) < 4.78 is 5.03. The van der Waals surface area contributed by atoms with Crippen molar-refractivity contribution in [2.75, 3.05) is 6.61 Å². The number of esters is 1. The molecule has 3 heteroatoms. The number of carbonyl (C=O) groups is 1. The van der Waals surface area contributed by atoms with Gasteiger partial charge in [-0.2, -0.15) is 0 Å². The Labute approximate surface area is 88.9 Å². The molecule has 0 saturated carbocycles. The molecule has 0 amide bonds. The van der Waals surface area contributed by atoms with Gasteiger partial charge in [0.05, 0.1) is 12.2 Å². The van der Waals surface area contributed by atoms with Crippen molar-refractivity contribution in [3.63, 3.8) is 0 Å². The van der Waals surface area contributed by atoms with Crippen molar-refractivity contribution in [1.29, 1.82) is 0 Å². The molecule has 2 nitrogen and oxygen atoms in total. The topological polar surface area (TPSA) is 26.3 Å². The molecule has 14 heavy (non-hydrogen) atoms. The largest absolute Gasteiger partial charge is 0.462 e. The third kappa shape index (κ3) is 1.98. The van der Waals surface area contributed by atoms with Crippen molar-refractivity contribution < 1.29 is 9.53 Å². The van der Waals surface area contributed by atoms with Crippen LogP contribution in [0.25, 0.3) is 0 Å². The summed E-state index contributed by atoms with van der Waals surface area (Å²) >= 11 is 1.69. The molecule has 0 saturated heterocycles. The number of ether oxygens (including phenoxy) is 1. The van der Waals surface area contributed by atoms with Gasteiger partial charge in [0.2, 0.25) is 0 Å². The lowest BCUT2D eigenvalue weighted by atomic mass is 10.1. The molecule has 0 radical (unpaired) electrons. The molecular formula is C11H16O2S. The van der Waals surface area contributed by atoms with Crippen LogP contribution in [-0.4, -0.2) is 12.6 Å². The lowest BCUT2D eigenvalue weighted by molar-refractivity contribution is 0.0525. The maximum absolute atomic E-state index is 11.6. The van der Waals surface area contributed by atoms with E-state index in [4.69, 9.17) is 4.74 Å². The van der Waals surface area contributed by atoms with E-state index >= 15 is 0 Å². The number of thiophene rings is 1. The van der Waals surface area contributed by atoms with Crippen LogP contribution in [-0.2, 0) is 11.2 Å². The van der Waals surface area contributed by atoms with E-state index in [0.717, 1.165) is 22.4 Å². The van der Waals surface area contributed by atoms with Crippen molar-refractivity contribution in [3.05, 3.63) is 20.9 Å². The molecule has 0 spiro atoms. The summed E-state index contributed by atoms with van der Waals surface area (Å²) in [7, 11) is 0. The minimum atomic E-state index is -0.175. The summed E-state index contributed by atoms with van der Waals surface area (Å²) in [5, 5.41) is 0. The molecule has 0 aliphatic rings. The minimum Gasteiger partial charge on any atom is -0.462 e. The van der Waals surface area contributed by atoms with Crippen LogP contribution >= 0.6 is 11.3 Å². The zero-order chi connectivity index (χ0) is 10.7. The first-order chi connectivity index (χ1) is 6.61. The van der Waals surface area contributed by atoms with Gasteiger partial charge in [0, 0.05) is 9.75 Å². The maximum Gasteiger partial charge on any atom is 0.339 e. The van der Waals surface area contributed by atoms with Crippen LogP contribution in [0.5, 0.6) is 0 Å². The van der Waals surface area contributed by atoms with Crippen LogP contribution in [0.4, 0.5) is 0 Å². The number of carbonyl (C=O) groups excluding carboxylic acids is 1. The van der Waals surface area contributed by atoms with Gasteiger partial charge in [-0.25, -0.2) is 4.79 Å². The van der Waals surface area contributed by atoms with E-state index < -0.39 is 0 Å². The SMILES string of the molecule is CCOC(=O)c1c(CC)sc(C)c1C. The Balaban J connectivity index is 3.10. The highest BCUT2D eigenvalue weighted by atomic mass is 32.1. The van der Waals surface area contributed by atoms with Crippen molar-refractivity contribution in [3.8, 4) is 0 Å². The van der Waals surface area contributed by atoms with Gasteiger partial charge < -0.3 is 4.74 Å². The van der Waals surface area contributed by atoms with Crippen LogP contribution in [0, 0.1) is 13.8 Å². The summed E-state index contributed by atoms with van der Waals surface area (Å²) in [6.45, 7) is 8.36. The van der Waals surface area contributed by atoms with Crippen LogP contribution in [0.1, 0.15) is 39.5 Å². The molecule has 0 fully saturated rings. The third-order valence-electron chi connectivity index (χ3n) is 2.26. The van der Waals surface area contributed by atoms with Crippen molar-refractivity contribution in [2.24, 2.45) is 0 Å². The van der Waals surface area contributed by atoms with Crippen LogP contribution in [0.15, 0.2) is 0 Å². The van der Waals surface area contributed by atoms with Gasteiger partial charge in [-0.1, -0.05) is 6.92 Å². The second-order valence-electron chi connectivity index (χ2n) is 3.16. The Morgan fingerprint density at radius 1 is 1.36 bits per heavy atom. The van der Waals surface area contributed by atoms with E-state index in [1.54, 1.807) is 11.3 Å². The van der Waals surface area contributed by atoms with Gasteiger partial charge in [-0.15, -0.1) is 11.3 Å². The molecule has 1 aromatic rings. The standard InChI is InChI=1S/C11H16O2S/c1-5-9-10(11(12)13-6-2)7(3)8(4)14-9/h5-6H2,1-4H3. The van der Waals surface area contributed by atoms with Gasteiger partial charge in [-0.3, -0.25) is 0 Å². The average molecular weight is 212 g/mol. The average Bonchev–Trinajstić information content (AvgIpc) is 2.43. The number of hydrogen-bond donors (Lipinski definition) is 0. The zero-order valence-electron chi connectivity index (χ0n) is 9.14. The Kier molecular flexibility index (Phi) is 3.69. The van der Waals surface area contributed by atoms with Crippen molar-refractivity contribution in [2.45, 2.75) is 34.1 Å². The van der Waals surface area contributed by atoms with E-state index in [1.165, 1.54) is 4.88 Å². The van der Waals surface area contributed by atoms with Crippen LogP contribution in [0.2, 0.25) is 0 Å². The second-order valence-corrected chi connectivity index (χ2v) is 4.46. The number of rotatable bonds is 3. The summed E-state index contributed by atoms with van der Waals surface area (Å²) in [6, 6.07) is 0. The van der Waals surface area contributed by atoms with E-state index in [0.29, 0.717) is 6.61 Å². The quantitative estimate of drug-likeness (QED) is 0.720. The molecule has 0 atom stereocenters. The van der Waals surface area contributed by atoms with Gasteiger partial charge in [0.1, 0.15) is 0 Å². The Hall–Kier alpha value is -0.830. The summed E-state index contributed by atoms with van der Waals surface area (Å²) in [6.07, 6.45) is 0.896. The summed E-state index contributed by atoms with van der Waals surface area (Å²) in [5.74, 6) is -0.175. The van der Waals surface area contributed by atoms with Gasteiger partial charge in [0.25, 0.3) is 0 Å². The fourth-order valence-electron chi connectivity index (χ4n) is 1.42. The highest BCUT2D eigenvalue weighted by molar-refractivity contribution is 7.12. The smallest absolute Gasteiger partial charge is 0.339 e. The van der Waals surface area contributed by atoms with Gasteiger partial charge >= 0.3 is 5.97 Å². The molecular weight excluding hydrogens is 196 g/mol. The molecule has 0 unspecified atom stereocenters. The fraction of sp³-hybridized carbons (Fsp3) is 0.545. The fourth-order valence-corrected chi connectivity index (χ4v) is 2.52. The summed E-state index contributed by atoms with van der Waals surface area (Å²) in [4.78, 5) is 14.0. The van der Waals surface area contributed by atoms with Gasteiger partial charge in [-0.05, 0) is 32.8 Å².